The molecule has 214 valence electrons. The lowest BCUT2D eigenvalue weighted by molar-refractivity contribution is -0.0516. The van der Waals surface area contributed by atoms with Crippen LogP contribution in [-0.4, -0.2) is 18.7 Å². The second-order valence-corrected chi connectivity index (χ2v) is 14.9. The van der Waals surface area contributed by atoms with Crippen LogP contribution in [0.4, 0.5) is 10.5 Å². The van der Waals surface area contributed by atoms with Crippen LogP contribution in [0.5, 0.6) is 0 Å². The number of allylic oxidation sites excluding steroid dienone is 1. The number of rotatable bonds is 6. The molecular weight excluding hydrogens is 478 g/mol. The lowest BCUT2D eigenvalue weighted by Gasteiger charge is -2.58. The van der Waals surface area contributed by atoms with Gasteiger partial charge in [0.1, 0.15) is 6.10 Å². The van der Waals surface area contributed by atoms with E-state index in [0.717, 1.165) is 67.5 Å². The van der Waals surface area contributed by atoms with Crippen molar-refractivity contribution in [3.8, 4) is 0 Å². The van der Waals surface area contributed by atoms with E-state index in [0.29, 0.717) is 10.8 Å². The second-order valence-electron chi connectivity index (χ2n) is 14.9. The van der Waals surface area contributed by atoms with Gasteiger partial charge in [-0.1, -0.05) is 76.8 Å². The summed E-state index contributed by atoms with van der Waals surface area (Å²) in [5, 5.41) is 0. The number of fused-ring (bicyclic) bond motifs is 6. The SMILES string of the molecule is CC(C)CCCCC1CCC2[C@@H]3CC=C4C[C@@H](OC(=O)N5CCCc6ccccc65)CC[C@]4(C)C3CC[C@]12C. The molecule has 0 bridgehead atoms. The Hall–Kier alpha value is -1.77. The van der Waals surface area contributed by atoms with E-state index in [1.54, 1.807) is 5.57 Å². The Kier molecular flexibility index (Phi) is 7.66. The number of para-hydroxylation sites is 1. The number of aryl methyl sites for hydroxylation is 1. The Labute approximate surface area is 238 Å². The van der Waals surface area contributed by atoms with Gasteiger partial charge >= 0.3 is 6.09 Å². The number of hydrogen-bond acceptors (Lipinski definition) is 2. The van der Waals surface area contributed by atoms with Crippen LogP contribution in [0.1, 0.15) is 117 Å². The molecule has 3 saturated carbocycles. The summed E-state index contributed by atoms with van der Waals surface area (Å²) in [4.78, 5) is 15.2. The number of nitrogens with zero attached hydrogens (tertiary/aromatic N) is 1. The van der Waals surface area contributed by atoms with Crippen LogP contribution >= 0.6 is 0 Å². The molecule has 1 heterocycles. The standard InChI is InChI=1S/C36H53NO2/c1-25(2)10-5-7-13-27-16-18-31-30-17-15-28-24-29(19-21-36(28,4)32(30)20-22-35(27,31)3)39-34(38)37-23-9-12-26-11-6-8-14-33(26)37/h6,8,11,14-15,25,27,29-32H,5,7,9-10,12-13,16-24H2,1-4H3/t27?,29-,30-,31?,32?,35+,36-/m0/s1. The summed E-state index contributed by atoms with van der Waals surface area (Å²) in [5.74, 6) is 4.39. The molecule has 3 heteroatoms. The van der Waals surface area contributed by atoms with Crippen molar-refractivity contribution in [3.05, 3.63) is 41.5 Å². The molecule has 0 radical (unpaired) electrons. The minimum Gasteiger partial charge on any atom is -0.446 e. The number of carbonyl (C=O) groups excluding carboxylic acids is 1. The third-order valence-electron chi connectivity index (χ3n) is 12.4. The largest absolute Gasteiger partial charge is 0.446 e. The predicted octanol–water partition coefficient (Wildman–Crippen LogP) is 9.74. The van der Waals surface area contributed by atoms with Crippen molar-refractivity contribution in [1.82, 2.24) is 0 Å². The normalized spacial score (nSPS) is 37.4. The zero-order valence-electron chi connectivity index (χ0n) is 25.2. The summed E-state index contributed by atoms with van der Waals surface area (Å²) in [7, 11) is 0. The van der Waals surface area contributed by atoms with Crippen molar-refractivity contribution in [2.75, 3.05) is 11.4 Å². The monoisotopic (exact) mass is 531 g/mol. The maximum Gasteiger partial charge on any atom is 0.414 e. The third kappa shape index (κ3) is 4.99. The fourth-order valence-corrected chi connectivity index (χ4v) is 10.2. The molecular formula is C36H53NO2. The van der Waals surface area contributed by atoms with E-state index < -0.39 is 0 Å². The average molecular weight is 532 g/mol. The minimum absolute atomic E-state index is 0.0259. The van der Waals surface area contributed by atoms with Crippen LogP contribution < -0.4 is 4.90 Å². The maximum atomic E-state index is 13.3. The highest BCUT2D eigenvalue weighted by Gasteiger charge is 2.58. The van der Waals surface area contributed by atoms with E-state index in [4.69, 9.17) is 4.74 Å². The lowest BCUT2D eigenvalue weighted by atomic mass is 9.47. The predicted molar refractivity (Wildman–Crippen MR) is 161 cm³/mol. The third-order valence-corrected chi connectivity index (χ3v) is 12.4. The topological polar surface area (TPSA) is 29.5 Å². The molecule has 0 spiro atoms. The number of benzene rings is 1. The Morgan fingerprint density at radius 2 is 1.90 bits per heavy atom. The van der Waals surface area contributed by atoms with Crippen LogP contribution in [0.15, 0.2) is 35.9 Å². The molecule has 3 fully saturated rings. The van der Waals surface area contributed by atoms with Crippen LogP contribution in [0.3, 0.4) is 0 Å². The zero-order valence-corrected chi connectivity index (χ0v) is 25.2. The van der Waals surface area contributed by atoms with Gasteiger partial charge in [-0.05, 0) is 116 Å². The first-order chi connectivity index (χ1) is 18.8. The molecule has 1 aromatic carbocycles. The summed E-state index contributed by atoms with van der Waals surface area (Å²) in [6.45, 7) is 10.8. The molecule has 3 unspecified atom stereocenters. The second kappa shape index (κ2) is 10.9. The van der Waals surface area contributed by atoms with Crippen LogP contribution in [0.2, 0.25) is 0 Å². The Morgan fingerprint density at radius 3 is 2.74 bits per heavy atom. The fraction of sp³-hybridized carbons (Fsp3) is 0.750. The van der Waals surface area contributed by atoms with Crippen LogP contribution in [0.25, 0.3) is 0 Å². The number of hydrogen-bond donors (Lipinski definition) is 0. The smallest absolute Gasteiger partial charge is 0.414 e. The molecule has 5 aliphatic rings. The van der Waals surface area contributed by atoms with Crippen molar-refractivity contribution in [2.24, 2.45) is 40.4 Å². The Bertz CT molecular complexity index is 1080. The van der Waals surface area contributed by atoms with Gasteiger partial charge < -0.3 is 4.74 Å². The first kappa shape index (κ1) is 27.4. The lowest BCUT2D eigenvalue weighted by Crippen LogP contribution is -2.50. The van der Waals surface area contributed by atoms with Crippen LogP contribution in [0, 0.1) is 40.4 Å². The molecule has 4 aliphatic carbocycles. The fourth-order valence-electron chi connectivity index (χ4n) is 10.2. The van der Waals surface area contributed by atoms with E-state index in [9.17, 15) is 4.79 Å². The van der Waals surface area contributed by atoms with Crippen molar-refractivity contribution >= 4 is 11.8 Å². The van der Waals surface area contributed by atoms with Crippen LogP contribution in [-0.2, 0) is 11.2 Å². The average Bonchev–Trinajstić information content (AvgIpc) is 3.27. The summed E-state index contributed by atoms with van der Waals surface area (Å²) in [5.41, 5.74) is 4.80. The molecule has 1 amide bonds. The van der Waals surface area contributed by atoms with Gasteiger partial charge in [0.05, 0.1) is 5.69 Å². The number of amides is 1. The zero-order chi connectivity index (χ0) is 27.2. The quantitative estimate of drug-likeness (QED) is 0.270. The maximum absolute atomic E-state index is 13.3. The van der Waals surface area contributed by atoms with Crippen molar-refractivity contribution in [3.63, 3.8) is 0 Å². The van der Waals surface area contributed by atoms with Gasteiger partial charge in [0.25, 0.3) is 0 Å². The highest BCUT2D eigenvalue weighted by molar-refractivity contribution is 5.89. The Morgan fingerprint density at radius 1 is 1.05 bits per heavy atom. The van der Waals surface area contributed by atoms with Gasteiger partial charge in [0, 0.05) is 13.0 Å². The van der Waals surface area contributed by atoms with Gasteiger partial charge in [-0.25, -0.2) is 4.79 Å². The summed E-state index contributed by atoms with van der Waals surface area (Å²) in [6, 6.07) is 8.34. The number of unbranched alkanes of at least 4 members (excludes halogenated alkanes) is 1. The van der Waals surface area contributed by atoms with E-state index in [1.807, 2.05) is 11.0 Å². The first-order valence-electron chi connectivity index (χ1n) is 16.5. The number of anilines is 1. The molecule has 1 aliphatic heterocycles. The summed E-state index contributed by atoms with van der Waals surface area (Å²) >= 11 is 0. The van der Waals surface area contributed by atoms with Crippen molar-refractivity contribution < 1.29 is 9.53 Å². The molecule has 0 saturated heterocycles. The van der Waals surface area contributed by atoms with Crippen molar-refractivity contribution in [1.29, 1.82) is 0 Å². The highest BCUT2D eigenvalue weighted by Crippen LogP contribution is 2.66. The molecule has 6 rings (SSSR count). The molecule has 39 heavy (non-hydrogen) atoms. The van der Waals surface area contributed by atoms with Gasteiger partial charge in [-0.3, -0.25) is 4.90 Å². The van der Waals surface area contributed by atoms with Gasteiger partial charge in [0.2, 0.25) is 0 Å². The van der Waals surface area contributed by atoms with Gasteiger partial charge in [-0.2, -0.15) is 0 Å². The first-order valence-corrected chi connectivity index (χ1v) is 16.5. The summed E-state index contributed by atoms with van der Waals surface area (Å²) < 4.78 is 6.22. The molecule has 3 nitrogen and oxygen atoms in total. The number of ether oxygens (including phenoxy) is 1. The highest BCUT2D eigenvalue weighted by atomic mass is 16.6. The molecule has 1 aromatic rings. The summed E-state index contributed by atoms with van der Waals surface area (Å²) in [6.07, 6.45) is 20.5. The molecule has 7 atom stereocenters. The van der Waals surface area contributed by atoms with E-state index in [2.05, 4.69) is 52.0 Å². The van der Waals surface area contributed by atoms with Crippen molar-refractivity contribution in [2.45, 2.75) is 124 Å². The van der Waals surface area contributed by atoms with E-state index in [1.165, 1.54) is 69.8 Å². The number of carbonyl (C=O) groups is 1. The molecule has 0 aromatic heterocycles. The van der Waals surface area contributed by atoms with Gasteiger partial charge in [0.15, 0.2) is 0 Å². The molecule has 0 N–H and O–H groups in total. The Balaban J connectivity index is 1.10. The minimum atomic E-state index is -0.135. The van der Waals surface area contributed by atoms with E-state index in [-0.39, 0.29) is 12.2 Å². The van der Waals surface area contributed by atoms with E-state index >= 15 is 0 Å². The van der Waals surface area contributed by atoms with Gasteiger partial charge in [-0.15, -0.1) is 0 Å².